The quantitative estimate of drug-likeness (QED) is 0.735. The molecule has 0 heterocycles. The predicted molar refractivity (Wildman–Crippen MR) is 74.0 cm³/mol. The third kappa shape index (κ3) is 4.88. The number of aromatic hydroxyl groups is 1. The van der Waals surface area contributed by atoms with Crippen LogP contribution < -0.4 is 10.1 Å². The highest BCUT2D eigenvalue weighted by molar-refractivity contribution is 7.99. The predicted octanol–water partition coefficient (Wildman–Crippen LogP) is 2.63. The minimum atomic E-state index is 0.187. The summed E-state index contributed by atoms with van der Waals surface area (Å²) < 4.78 is 5.07. The molecule has 0 saturated carbocycles. The number of methoxy groups -OCH3 is 1. The zero-order valence-corrected chi connectivity index (χ0v) is 11.5. The van der Waals surface area contributed by atoms with Crippen molar-refractivity contribution in [2.24, 2.45) is 0 Å². The van der Waals surface area contributed by atoms with Crippen LogP contribution in [0.3, 0.4) is 0 Å². The van der Waals surface area contributed by atoms with Crippen molar-refractivity contribution < 1.29 is 9.84 Å². The second kappa shape index (κ2) is 7.45. The van der Waals surface area contributed by atoms with Gasteiger partial charge in [0.2, 0.25) is 0 Å². The molecule has 17 heavy (non-hydrogen) atoms. The van der Waals surface area contributed by atoms with Crippen LogP contribution in [-0.4, -0.2) is 30.3 Å². The first kappa shape index (κ1) is 14.2. The van der Waals surface area contributed by atoms with E-state index in [1.807, 2.05) is 23.9 Å². The molecule has 2 N–H and O–H groups in total. The highest BCUT2D eigenvalue weighted by atomic mass is 32.2. The molecule has 0 aliphatic carbocycles. The van der Waals surface area contributed by atoms with Gasteiger partial charge in [0.1, 0.15) is 0 Å². The first-order chi connectivity index (χ1) is 8.17. The summed E-state index contributed by atoms with van der Waals surface area (Å²) in [5.74, 6) is 0.717. The van der Waals surface area contributed by atoms with Gasteiger partial charge in [-0.2, -0.15) is 11.8 Å². The van der Waals surface area contributed by atoms with Crippen molar-refractivity contribution in [3.8, 4) is 11.5 Å². The topological polar surface area (TPSA) is 41.5 Å². The number of benzene rings is 1. The second-order valence-electron chi connectivity index (χ2n) is 4.02. The molecular weight excluding hydrogens is 234 g/mol. The molecule has 0 radical (unpaired) electrons. The molecule has 4 heteroatoms. The fourth-order valence-corrected chi connectivity index (χ4v) is 1.84. The zero-order valence-electron chi connectivity index (χ0n) is 10.7. The van der Waals surface area contributed by atoms with Crippen LogP contribution in [-0.2, 0) is 6.54 Å². The van der Waals surface area contributed by atoms with Gasteiger partial charge in [0.15, 0.2) is 11.5 Å². The molecule has 0 spiro atoms. The van der Waals surface area contributed by atoms with E-state index in [1.54, 1.807) is 13.2 Å². The molecule has 1 rings (SSSR count). The maximum atomic E-state index is 9.46. The molecule has 1 aromatic rings. The summed E-state index contributed by atoms with van der Waals surface area (Å²) in [4.78, 5) is 0. The number of hydrogen-bond acceptors (Lipinski definition) is 4. The summed E-state index contributed by atoms with van der Waals surface area (Å²) in [5, 5.41) is 13.5. The minimum Gasteiger partial charge on any atom is -0.504 e. The Hall–Kier alpha value is -0.870. The van der Waals surface area contributed by atoms with Crippen LogP contribution in [0.4, 0.5) is 0 Å². The summed E-state index contributed by atoms with van der Waals surface area (Å²) in [6.45, 7) is 4.04. The van der Waals surface area contributed by atoms with Crippen molar-refractivity contribution in [3.05, 3.63) is 23.8 Å². The van der Waals surface area contributed by atoms with E-state index < -0.39 is 0 Å². The van der Waals surface area contributed by atoms with Gasteiger partial charge in [-0.1, -0.05) is 13.0 Å². The summed E-state index contributed by atoms with van der Waals surface area (Å²) in [6, 6.07) is 5.43. The van der Waals surface area contributed by atoms with Gasteiger partial charge in [-0.3, -0.25) is 0 Å². The minimum absolute atomic E-state index is 0.187. The molecule has 1 atom stereocenters. The smallest absolute Gasteiger partial charge is 0.160 e. The van der Waals surface area contributed by atoms with E-state index in [-0.39, 0.29) is 5.75 Å². The maximum absolute atomic E-state index is 9.46. The lowest BCUT2D eigenvalue weighted by atomic mass is 10.2. The third-order valence-electron chi connectivity index (χ3n) is 2.70. The Morgan fingerprint density at radius 1 is 1.47 bits per heavy atom. The lowest BCUT2D eigenvalue weighted by molar-refractivity contribution is 0.373. The van der Waals surface area contributed by atoms with Crippen LogP contribution in [0.15, 0.2) is 18.2 Å². The second-order valence-corrected chi connectivity index (χ2v) is 5.29. The van der Waals surface area contributed by atoms with E-state index in [2.05, 4.69) is 18.5 Å². The summed E-state index contributed by atoms with van der Waals surface area (Å²) >= 11 is 1.89. The Morgan fingerprint density at radius 3 is 2.88 bits per heavy atom. The average Bonchev–Trinajstić information content (AvgIpc) is 2.36. The fourth-order valence-electron chi connectivity index (χ4n) is 1.49. The van der Waals surface area contributed by atoms with E-state index in [1.165, 1.54) is 0 Å². The Balaban J connectivity index is 2.36. The van der Waals surface area contributed by atoms with Crippen LogP contribution >= 0.6 is 11.8 Å². The van der Waals surface area contributed by atoms with Crippen molar-refractivity contribution in [3.63, 3.8) is 0 Å². The molecule has 0 amide bonds. The molecular formula is C13H21NO2S. The maximum Gasteiger partial charge on any atom is 0.160 e. The zero-order chi connectivity index (χ0) is 12.7. The Kier molecular flexibility index (Phi) is 6.22. The highest BCUT2D eigenvalue weighted by Gasteiger charge is 2.03. The Labute approximate surface area is 108 Å². The molecule has 96 valence electrons. The van der Waals surface area contributed by atoms with Crippen molar-refractivity contribution >= 4 is 11.8 Å². The van der Waals surface area contributed by atoms with Crippen molar-refractivity contribution in [1.82, 2.24) is 5.32 Å². The van der Waals surface area contributed by atoms with E-state index >= 15 is 0 Å². The fraction of sp³-hybridized carbons (Fsp3) is 0.538. The van der Waals surface area contributed by atoms with Gasteiger partial charge >= 0.3 is 0 Å². The normalized spacial score (nSPS) is 12.4. The Morgan fingerprint density at radius 2 is 2.24 bits per heavy atom. The van der Waals surface area contributed by atoms with Crippen molar-refractivity contribution in [2.75, 3.05) is 19.9 Å². The van der Waals surface area contributed by atoms with Gasteiger partial charge in [-0.05, 0) is 36.9 Å². The van der Waals surface area contributed by atoms with Gasteiger partial charge in [0, 0.05) is 11.8 Å². The lowest BCUT2D eigenvalue weighted by Gasteiger charge is -2.10. The SMILES string of the molecule is COc1cc(CNCCC(C)SC)ccc1O. The van der Waals surface area contributed by atoms with E-state index in [0.29, 0.717) is 11.0 Å². The lowest BCUT2D eigenvalue weighted by Crippen LogP contribution is -2.17. The molecule has 0 fully saturated rings. The van der Waals surface area contributed by atoms with Crippen LogP contribution in [0.2, 0.25) is 0 Å². The molecule has 3 nitrogen and oxygen atoms in total. The van der Waals surface area contributed by atoms with Gasteiger partial charge in [0.05, 0.1) is 7.11 Å². The number of nitrogens with one attached hydrogen (secondary N) is 1. The third-order valence-corrected chi connectivity index (χ3v) is 3.74. The summed E-state index contributed by atoms with van der Waals surface area (Å²) in [5.41, 5.74) is 1.12. The first-order valence-electron chi connectivity index (χ1n) is 5.76. The van der Waals surface area contributed by atoms with E-state index in [0.717, 1.165) is 25.1 Å². The van der Waals surface area contributed by atoms with Crippen molar-refractivity contribution in [2.45, 2.75) is 25.1 Å². The van der Waals surface area contributed by atoms with Crippen LogP contribution in [0, 0.1) is 0 Å². The molecule has 1 unspecified atom stereocenters. The molecule has 0 aliphatic heterocycles. The average molecular weight is 255 g/mol. The number of ether oxygens (including phenoxy) is 1. The summed E-state index contributed by atoms with van der Waals surface area (Å²) in [6.07, 6.45) is 3.30. The van der Waals surface area contributed by atoms with Crippen LogP contribution in [0.25, 0.3) is 0 Å². The Bertz CT molecular complexity index is 344. The van der Waals surface area contributed by atoms with E-state index in [9.17, 15) is 5.11 Å². The standard InChI is InChI=1S/C13H21NO2S/c1-10(17-3)6-7-14-9-11-4-5-12(15)13(8-11)16-2/h4-5,8,10,14-15H,6-7,9H2,1-3H3. The van der Waals surface area contributed by atoms with Crippen molar-refractivity contribution in [1.29, 1.82) is 0 Å². The van der Waals surface area contributed by atoms with Gasteiger partial charge in [0.25, 0.3) is 0 Å². The monoisotopic (exact) mass is 255 g/mol. The molecule has 1 aromatic carbocycles. The summed E-state index contributed by atoms with van der Waals surface area (Å²) in [7, 11) is 1.56. The highest BCUT2D eigenvalue weighted by Crippen LogP contribution is 2.26. The van der Waals surface area contributed by atoms with E-state index in [4.69, 9.17) is 4.74 Å². The van der Waals surface area contributed by atoms with Gasteiger partial charge in [-0.15, -0.1) is 0 Å². The molecule has 0 saturated heterocycles. The number of phenols is 1. The van der Waals surface area contributed by atoms with Crippen LogP contribution in [0.1, 0.15) is 18.9 Å². The number of thioether (sulfide) groups is 1. The molecule has 0 aromatic heterocycles. The van der Waals surface area contributed by atoms with Gasteiger partial charge in [-0.25, -0.2) is 0 Å². The molecule has 0 aliphatic rings. The van der Waals surface area contributed by atoms with Gasteiger partial charge < -0.3 is 15.2 Å². The number of rotatable bonds is 7. The number of phenolic OH excluding ortho intramolecular Hbond substituents is 1. The molecule has 0 bridgehead atoms. The largest absolute Gasteiger partial charge is 0.504 e. The van der Waals surface area contributed by atoms with Crippen LogP contribution in [0.5, 0.6) is 11.5 Å². The number of hydrogen-bond donors (Lipinski definition) is 2. The first-order valence-corrected chi connectivity index (χ1v) is 7.05.